The molecule has 0 aliphatic carbocycles. The maximum Gasteiger partial charge on any atom is 0.344 e. The molecule has 0 bridgehead atoms. The van der Waals surface area contributed by atoms with Crippen LogP contribution in [0, 0.1) is 5.92 Å². The SMILES string of the molecule is CCCNC(=O)c1ccnc(N2CCC[C@H](COc3cccc4c3C(N)=NS(=O)(=O)N4)C2)c1. The first-order chi connectivity index (χ1) is 15.9. The summed E-state index contributed by atoms with van der Waals surface area (Å²) in [5, 5.41) is 2.89. The molecule has 1 amide bonds. The van der Waals surface area contributed by atoms with Crippen molar-refractivity contribution in [1.82, 2.24) is 10.3 Å². The predicted octanol–water partition coefficient (Wildman–Crippen LogP) is 1.89. The van der Waals surface area contributed by atoms with Crippen LogP contribution in [0.1, 0.15) is 42.1 Å². The standard InChI is InChI=1S/C22H28N6O4S/c1-2-9-25-22(29)16-8-10-24-19(12-16)28-11-4-5-15(13-28)14-32-18-7-3-6-17-20(18)21(23)27-33(30,31)26-17/h3,6-8,10,12,15,26H,2,4-5,9,11,13-14H2,1H3,(H2,23,27)(H,25,29)/t15-/m0/s1. The number of hydrogen-bond acceptors (Lipinski definition) is 7. The molecule has 1 aromatic carbocycles. The molecule has 0 spiro atoms. The fraction of sp³-hybridized carbons (Fsp3) is 0.409. The lowest BCUT2D eigenvalue weighted by Gasteiger charge is -2.33. The number of amidine groups is 1. The van der Waals surface area contributed by atoms with Gasteiger partial charge in [-0.3, -0.25) is 9.52 Å². The molecule has 1 saturated heterocycles. The molecule has 176 valence electrons. The first-order valence-corrected chi connectivity index (χ1v) is 12.4. The molecule has 2 aliphatic heterocycles. The van der Waals surface area contributed by atoms with Crippen LogP contribution >= 0.6 is 0 Å². The Labute approximate surface area is 193 Å². The van der Waals surface area contributed by atoms with E-state index in [4.69, 9.17) is 10.5 Å². The highest BCUT2D eigenvalue weighted by Crippen LogP contribution is 2.31. The molecule has 0 unspecified atom stereocenters. The number of piperidine rings is 1. The average Bonchev–Trinajstić information content (AvgIpc) is 2.80. The highest BCUT2D eigenvalue weighted by molar-refractivity contribution is 7.91. The van der Waals surface area contributed by atoms with Crippen molar-refractivity contribution < 1.29 is 17.9 Å². The fourth-order valence-electron chi connectivity index (χ4n) is 4.03. The van der Waals surface area contributed by atoms with E-state index in [1.54, 1.807) is 30.5 Å². The van der Waals surface area contributed by atoms with Crippen LogP contribution in [0.25, 0.3) is 0 Å². The van der Waals surface area contributed by atoms with Gasteiger partial charge in [-0.2, -0.15) is 8.42 Å². The van der Waals surface area contributed by atoms with E-state index >= 15 is 0 Å². The van der Waals surface area contributed by atoms with Crippen LogP contribution in [0.4, 0.5) is 11.5 Å². The summed E-state index contributed by atoms with van der Waals surface area (Å²) >= 11 is 0. The summed E-state index contributed by atoms with van der Waals surface area (Å²) in [6.07, 6.45) is 4.50. The largest absolute Gasteiger partial charge is 0.492 e. The van der Waals surface area contributed by atoms with Crippen molar-refractivity contribution in [1.29, 1.82) is 0 Å². The zero-order valence-corrected chi connectivity index (χ0v) is 19.3. The van der Waals surface area contributed by atoms with Crippen molar-refractivity contribution in [2.45, 2.75) is 26.2 Å². The fourth-order valence-corrected chi connectivity index (χ4v) is 4.87. The van der Waals surface area contributed by atoms with Crippen molar-refractivity contribution >= 4 is 33.5 Å². The zero-order chi connectivity index (χ0) is 23.4. The molecule has 2 aliphatic rings. The van der Waals surface area contributed by atoms with Gasteiger partial charge < -0.3 is 20.7 Å². The van der Waals surface area contributed by atoms with Gasteiger partial charge in [-0.05, 0) is 43.5 Å². The topological polar surface area (TPSA) is 139 Å². The van der Waals surface area contributed by atoms with Crippen molar-refractivity contribution in [2.75, 3.05) is 35.9 Å². The monoisotopic (exact) mass is 472 g/mol. The number of benzene rings is 1. The van der Waals surface area contributed by atoms with Gasteiger partial charge in [0.15, 0.2) is 5.84 Å². The van der Waals surface area contributed by atoms with Crippen molar-refractivity contribution in [3.05, 3.63) is 47.7 Å². The van der Waals surface area contributed by atoms with Gasteiger partial charge in [0.25, 0.3) is 5.91 Å². The molecule has 1 fully saturated rings. The van der Waals surface area contributed by atoms with E-state index in [2.05, 4.69) is 24.3 Å². The lowest BCUT2D eigenvalue weighted by atomic mass is 9.98. The maximum atomic E-state index is 12.3. The Kier molecular flexibility index (Phi) is 6.68. The summed E-state index contributed by atoms with van der Waals surface area (Å²) in [6, 6.07) is 8.63. The number of nitrogens with zero attached hydrogens (tertiary/aromatic N) is 3. The number of ether oxygens (including phenoxy) is 1. The molecule has 11 heteroatoms. The van der Waals surface area contributed by atoms with Crippen molar-refractivity contribution in [3.63, 3.8) is 0 Å². The Balaban J connectivity index is 1.43. The van der Waals surface area contributed by atoms with Crippen molar-refractivity contribution in [3.8, 4) is 5.75 Å². The second kappa shape index (κ2) is 9.65. The number of pyridine rings is 1. The van der Waals surface area contributed by atoms with E-state index in [0.717, 1.165) is 38.2 Å². The number of anilines is 2. The van der Waals surface area contributed by atoms with E-state index in [1.165, 1.54) is 0 Å². The summed E-state index contributed by atoms with van der Waals surface area (Å²) in [7, 11) is -3.84. The van der Waals surface area contributed by atoms with Crippen LogP contribution in [0.5, 0.6) is 5.75 Å². The smallest absolute Gasteiger partial charge is 0.344 e. The molecule has 3 heterocycles. The first kappa shape index (κ1) is 22.8. The predicted molar refractivity (Wildman–Crippen MR) is 127 cm³/mol. The van der Waals surface area contributed by atoms with Gasteiger partial charge in [-0.25, -0.2) is 4.98 Å². The maximum absolute atomic E-state index is 12.3. The quantitative estimate of drug-likeness (QED) is 0.559. The van der Waals surface area contributed by atoms with Crippen LogP contribution in [-0.4, -0.2) is 51.4 Å². The van der Waals surface area contributed by atoms with Crippen LogP contribution in [0.2, 0.25) is 0 Å². The molecule has 4 N–H and O–H groups in total. The lowest BCUT2D eigenvalue weighted by Crippen LogP contribution is -2.38. The molecule has 4 rings (SSSR count). The average molecular weight is 473 g/mol. The first-order valence-electron chi connectivity index (χ1n) is 11.0. The molecular weight excluding hydrogens is 444 g/mol. The number of fused-ring (bicyclic) bond motifs is 1. The Bertz CT molecular complexity index is 1170. The van der Waals surface area contributed by atoms with Gasteiger partial charge in [-0.1, -0.05) is 13.0 Å². The van der Waals surface area contributed by atoms with Gasteiger partial charge in [0, 0.05) is 37.3 Å². The summed E-state index contributed by atoms with van der Waals surface area (Å²) in [5.41, 5.74) is 7.30. The number of nitrogens with one attached hydrogen (secondary N) is 2. The molecule has 1 aromatic heterocycles. The third kappa shape index (κ3) is 5.36. The van der Waals surface area contributed by atoms with E-state index in [-0.39, 0.29) is 17.7 Å². The Morgan fingerprint density at radius 3 is 3.03 bits per heavy atom. The van der Waals surface area contributed by atoms with Gasteiger partial charge >= 0.3 is 10.2 Å². The molecule has 10 nitrogen and oxygen atoms in total. The molecule has 33 heavy (non-hydrogen) atoms. The number of hydrogen-bond donors (Lipinski definition) is 3. The number of carbonyl (C=O) groups is 1. The molecule has 0 saturated carbocycles. The van der Waals surface area contributed by atoms with E-state index in [0.29, 0.717) is 35.7 Å². The van der Waals surface area contributed by atoms with Crippen LogP contribution in [0.15, 0.2) is 40.9 Å². The third-order valence-corrected chi connectivity index (χ3v) is 6.52. The second-order valence-corrected chi connectivity index (χ2v) is 9.49. The van der Waals surface area contributed by atoms with Crippen LogP contribution in [-0.2, 0) is 10.2 Å². The molecule has 2 aromatic rings. The number of amides is 1. The highest BCUT2D eigenvalue weighted by atomic mass is 32.2. The van der Waals surface area contributed by atoms with E-state index in [9.17, 15) is 13.2 Å². The van der Waals surface area contributed by atoms with Gasteiger partial charge in [0.05, 0.1) is 17.9 Å². The van der Waals surface area contributed by atoms with Gasteiger partial charge in [-0.15, -0.1) is 4.40 Å². The molecule has 0 radical (unpaired) electrons. The number of rotatable bonds is 7. The second-order valence-electron chi connectivity index (χ2n) is 8.16. The highest BCUT2D eigenvalue weighted by Gasteiger charge is 2.26. The Hall–Kier alpha value is -3.34. The van der Waals surface area contributed by atoms with Crippen LogP contribution in [0.3, 0.4) is 0 Å². The minimum atomic E-state index is -3.84. The summed E-state index contributed by atoms with van der Waals surface area (Å²) in [4.78, 5) is 18.9. The number of nitrogens with two attached hydrogens (primary N) is 1. The van der Waals surface area contributed by atoms with E-state index in [1.807, 2.05) is 13.0 Å². The normalized spacial score (nSPS) is 19.1. The lowest BCUT2D eigenvalue weighted by molar-refractivity contribution is 0.0953. The van der Waals surface area contributed by atoms with E-state index < -0.39 is 10.2 Å². The third-order valence-electron chi connectivity index (χ3n) is 5.60. The van der Waals surface area contributed by atoms with Crippen molar-refractivity contribution in [2.24, 2.45) is 16.0 Å². The summed E-state index contributed by atoms with van der Waals surface area (Å²) < 4.78 is 35.5. The summed E-state index contributed by atoms with van der Waals surface area (Å²) in [5.74, 6) is 1.30. The van der Waals surface area contributed by atoms with Gasteiger partial charge in [0.1, 0.15) is 11.6 Å². The molecular formula is C22H28N6O4S. The Morgan fingerprint density at radius 2 is 2.21 bits per heavy atom. The summed E-state index contributed by atoms with van der Waals surface area (Å²) in [6.45, 7) is 4.67. The Morgan fingerprint density at radius 1 is 1.36 bits per heavy atom. The van der Waals surface area contributed by atoms with Gasteiger partial charge in [0.2, 0.25) is 0 Å². The minimum Gasteiger partial charge on any atom is -0.492 e. The van der Waals surface area contributed by atoms with Crippen LogP contribution < -0.4 is 25.4 Å². The number of carbonyl (C=O) groups excluding carboxylic acids is 1. The number of aromatic nitrogens is 1. The molecule has 1 atom stereocenters. The zero-order valence-electron chi connectivity index (χ0n) is 18.5. The minimum absolute atomic E-state index is 0.0908.